The summed E-state index contributed by atoms with van der Waals surface area (Å²) in [6.45, 7) is 6.77. The smallest absolute Gasteiger partial charge is 0.230 e. The predicted octanol–water partition coefficient (Wildman–Crippen LogP) is 5.44. The van der Waals surface area contributed by atoms with E-state index in [-0.39, 0.29) is 0 Å². The zero-order chi connectivity index (χ0) is 26.9. The molecule has 1 N–H and O–H groups in total. The van der Waals surface area contributed by atoms with E-state index in [1.165, 1.54) is 37.8 Å². The summed E-state index contributed by atoms with van der Waals surface area (Å²) in [5.74, 6) is 1.46. The highest BCUT2D eigenvalue weighted by Gasteiger charge is 2.24. The summed E-state index contributed by atoms with van der Waals surface area (Å²) in [6, 6.07) is 12.9. The van der Waals surface area contributed by atoms with Gasteiger partial charge in [0.15, 0.2) is 5.65 Å². The van der Waals surface area contributed by atoms with Crippen LogP contribution in [-0.2, 0) is 11.3 Å². The minimum atomic E-state index is 0.507. The number of benzene rings is 1. The molecule has 4 aromatic rings. The van der Waals surface area contributed by atoms with Crippen molar-refractivity contribution in [1.29, 1.82) is 0 Å². The van der Waals surface area contributed by atoms with Crippen LogP contribution in [0.25, 0.3) is 16.8 Å². The van der Waals surface area contributed by atoms with E-state index in [0.717, 1.165) is 61.4 Å². The molecule has 3 aromatic heterocycles. The van der Waals surface area contributed by atoms with Gasteiger partial charge >= 0.3 is 0 Å². The van der Waals surface area contributed by atoms with Crippen molar-refractivity contribution in [2.45, 2.75) is 64.5 Å². The Morgan fingerprint density at radius 1 is 1.05 bits per heavy atom. The van der Waals surface area contributed by atoms with Gasteiger partial charge < -0.3 is 19.4 Å². The largest absolute Gasteiger partial charge is 0.467 e. The highest BCUT2D eigenvalue weighted by Crippen LogP contribution is 2.29. The van der Waals surface area contributed by atoms with Crippen LogP contribution in [-0.4, -0.2) is 63.0 Å². The van der Waals surface area contributed by atoms with Crippen molar-refractivity contribution >= 4 is 23.6 Å². The molecule has 0 amide bonds. The van der Waals surface area contributed by atoms with Crippen LogP contribution in [0.3, 0.4) is 0 Å². The SMILES string of the molecule is CCCCCCC(CCC=O)N1CCN(c2cccc(-c3cncn4c(NCc5ccco5)nnc34)c2)CC1. The summed E-state index contributed by atoms with van der Waals surface area (Å²) >= 11 is 0. The van der Waals surface area contributed by atoms with E-state index in [1.807, 2.05) is 22.7 Å². The topological polar surface area (TPSA) is 91.8 Å². The van der Waals surface area contributed by atoms with Crippen LogP contribution < -0.4 is 10.2 Å². The minimum absolute atomic E-state index is 0.507. The van der Waals surface area contributed by atoms with E-state index < -0.39 is 0 Å². The maximum absolute atomic E-state index is 11.1. The molecule has 1 saturated heterocycles. The van der Waals surface area contributed by atoms with Gasteiger partial charge in [0.25, 0.3) is 0 Å². The van der Waals surface area contributed by atoms with Crippen molar-refractivity contribution < 1.29 is 9.21 Å². The first-order chi connectivity index (χ1) is 19.3. The van der Waals surface area contributed by atoms with Gasteiger partial charge in [-0.3, -0.25) is 9.30 Å². The van der Waals surface area contributed by atoms with E-state index in [0.29, 0.717) is 25.0 Å². The predicted molar refractivity (Wildman–Crippen MR) is 154 cm³/mol. The highest BCUT2D eigenvalue weighted by molar-refractivity contribution is 5.79. The number of carbonyl (C=O) groups is 1. The van der Waals surface area contributed by atoms with Crippen LogP contribution in [0.2, 0.25) is 0 Å². The summed E-state index contributed by atoms with van der Waals surface area (Å²) in [4.78, 5) is 20.6. The number of carbonyl (C=O) groups excluding carboxylic acids is 1. The van der Waals surface area contributed by atoms with E-state index in [2.05, 4.69) is 61.5 Å². The van der Waals surface area contributed by atoms with Crippen molar-refractivity contribution in [1.82, 2.24) is 24.5 Å². The Bertz CT molecular complexity index is 1310. The molecule has 0 bridgehead atoms. The van der Waals surface area contributed by atoms with Crippen LogP contribution >= 0.6 is 0 Å². The first-order valence-corrected chi connectivity index (χ1v) is 14.2. The number of anilines is 2. The number of unbranched alkanes of at least 4 members (excludes halogenated alkanes) is 3. The first-order valence-electron chi connectivity index (χ1n) is 14.2. The number of nitrogens with one attached hydrogen (secondary N) is 1. The molecule has 0 radical (unpaired) electrons. The Labute approximate surface area is 230 Å². The van der Waals surface area contributed by atoms with Gasteiger partial charge in [-0.25, -0.2) is 4.98 Å². The third kappa shape index (κ3) is 6.65. The van der Waals surface area contributed by atoms with Crippen molar-refractivity contribution in [3.8, 4) is 11.1 Å². The molecule has 0 spiro atoms. The molecule has 1 unspecified atom stereocenters. The monoisotopic (exact) mass is 529 g/mol. The lowest BCUT2D eigenvalue weighted by Gasteiger charge is -2.40. The fraction of sp³-hybridized carbons (Fsp3) is 0.467. The molecule has 1 fully saturated rings. The molecule has 9 heteroatoms. The number of aldehydes is 1. The van der Waals surface area contributed by atoms with Gasteiger partial charge in [-0.05, 0) is 42.7 Å². The van der Waals surface area contributed by atoms with E-state index in [1.54, 1.807) is 12.6 Å². The Balaban J connectivity index is 1.25. The molecule has 206 valence electrons. The second kappa shape index (κ2) is 13.4. The molecule has 1 aromatic carbocycles. The average Bonchev–Trinajstić information content (AvgIpc) is 3.66. The number of furan rings is 1. The Morgan fingerprint density at radius 3 is 2.74 bits per heavy atom. The van der Waals surface area contributed by atoms with Gasteiger partial charge in [0, 0.05) is 56.1 Å². The highest BCUT2D eigenvalue weighted by atomic mass is 16.3. The lowest BCUT2D eigenvalue weighted by atomic mass is 10.0. The van der Waals surface area contributed by atoms with Gasteiger partial charge in [-0.2, -0.15) is 0 Å². The summed E-state index contributed by atoms with van der Waals surface area (Å²) < 4.78 is 7.29. The molecular weight excluding hydrogens is 490 g/mol. The minimum Gasteiger partial charge on any atom is -0.467 e. The van der Waals surface area contributed by atoms with Crippen LogP contribution in [0, 0.1) is 0 Å². The Morgan fingerprint density at radius 2 is 1.95 bits per heavy atom. The molecule has 0 saturated carbocycles. The second-order valence-corrected chi connectivity index (χ2v) is 10.3. The molecule has 0 aliphatic carbocycles. The van der Waals surface area contributed by atoms with Gasteiger partial charge in [0.2, 0.25) is 5.95 Å². The van der Waals surface area contributed by atoms with Crippen molar-refractivity contribution in [3.05, 3.63) is 60.9 Å². The number of rotatable bonds is 14. The van der Waals surface area contributed by atoms with Crippen molar-refractivity contribution in [3.63, 3.8) is 0 Å². The number of piperazine rings is 1. The molecule has 9 nitrogen and oxygen atoms in total. The lowest BCUT2D eigenvalue weighted by Crippen LogP contribution is -2.50. The first kappa shape index (κ1) is 26.9. The zero-order valence-corrected chi connectivity index (χ0v) is 22.8. The van der Waals surface area contributed by atoms with Gasteiger partial charge in [-0.15, -0.1) is 10.2 Å². The number of hydrogen-bond donors (Lipinski definition) is 1. The van der Waals surface area contributed by atoms with Crippen molar-refractivity contribution in [2.24, 2.45) is 0 Å². The lowest BCUT2D eigenvalue weighted by molar-refractivity contribution is -0.108. The maximum atomic E-state index is 11.1. The fourth-order valence-corrected chi connectivity index (χ4v) is 5.51. The standard InChI is InChI=1S/C30H39N7O2/c1-2-3-4-5-10-25(12-7-18-38)35-14-16-36(17-15-35)26-11-6-9-24(20-26)28-22-31-23-37-29(28)33-34-30(37)32-21-27-13-8-19-39-27/h6,8-9,11,13,18-20,22-23,25H,2-5,7,10,12,14-17,21H2,1H3,(H,32,34). The molecule has 1 aliphatic heterocycles. The van der Waals surface area contributed by atoms with E-state index in [4.69, 9.17) is 4.42 Å². The van der Waals surface area contributed by atoms with Gasteiger partial charge in [-0.1, -0.05) is 44.7 Å². The molecular formula is C30H39N7O2. The van der Waals surface area contributed by atoms with Crippen LogP contribution in [0.1, 0.15) is 57.6 Å². The van der Waals surface area contributed by atoms with Crippen LogP contribution in [0.4, 0.5) is 11.6 Å². The number of aromatic nitrogens is 4. The fourth-order valence-electron chi connectivity index (χ4n) is 5.51. The second-order valence-electron chi connectivity index (χ2n) is 10.3. The molecule has 1 aliphatic rings. The maximum Gasteiger partial charge on any atom is 0.230 e. The van der Waals surface area contributed by atoms with Gasteiger partial charge in [0.1, 0.15) is 18.4 Å². The Hall–Kier alpha value is -3.72. The average molecular weight is 530 g/mol. The summed E-state index contributed by atoms with van der Waals surface area (Å²) in [7, 11) is 0. The number of nitrogens with zero attached hydrogens (tertiary/aromatic N) is 6. The van der Waals surface area contributed by atoms with Gasteiger partial charge in [0.05, 0.1) is 12.8 Å². The third-order valence-corrected chi connectivity index (χ3v) is 7.68. The quantitative estimate of drug-likeness (QED) is 0.171. The van der Waals surface area contributed by atoms with E-state index in [9.17, 15) is 4.79 Å². The molecule has 1 atom stereocenters. The van der Waals surface area contributed by atoms with Crippen LogP contribution in [0.5, 0.6) is 0 Å². The number of hydrogen-bond acceptors (Lipinski definition) is 8. The molecule has 4 heterocycles. The zero-order valence-electron chi connectivity index (χ0n) is 22.8. The molecule has 39 heavy (non-hydrogen) atoms. The summed E-state index contributed by atoms with van der Waals surface area (Å²) in [6.07, 6.45) is 14.2. The summed E-state index contributed by atoms with van der Waals surface area (Å²) in [5.41, 5.74) is 3.97. The normalized spacial score (nSPS) is 15.1. The summed E-state index contributed by atoms with van der Waals surface area (Å²) in [5, 5.41) is 12.1. The number of fused-ring (bicyclic) bond motifs is 1. The molecule has 5 rings (SSSR count). The van der Waals surface area contributed by atoms with Crippen LogP contribution in [0.15, 0.2) is 59.6 Å². The Kier molecular flexibility index (Phi) is 9.21. The third-order valence-electron chi connectivity index (χ3n) is 7.68. The van der Waals surface area contributed by atoms with Crippen molar-refractivity contribution in [2.75, 3.05) is 36.4 Å². The van der Waals surface area contributed by atoms with E-state index >= 15 is 0 Å².